The van der Waals surface area contributed by atoms with Crippen LogP contribution in [0.25, 0.3) is 22.3 Å². The molecule has 1 unspecified atom stereocenters. The molecule has 8 heteroatoms. The predicted octanol–water partition coefficient (Wildman–Crippen LogP) is 3.70. The van der Waals surface area contributed by atoms with Crippen LogP contribution in [0.15, 0.2) is 25.8 Å². The first-order valence-corrected chi connectivity index (χ1v) is 7.93. The Bertz CT molecular complexity index is 703. The van der Waals surface area contributed by atoms with Crippen molar-refractivity contribution in [1.82, 2.24) is 15.1 Å². The lowest BCUT2D eigenvalue weighted by atomic mass is 10.4. The quantitative estimate of drug-likeness (QED) is 0.773. The minimum Gasteiger partial charge on any atom is -0.332 e. The van der Waals surface area contributed by atoms with Gasteiger partial charge in [0, 0.05) is 5.38 Å². The van der Waals surface area contributed by atoms with E-state index in [1.165, 1.54) is 11.3 Å². The summed E-state index contributed by atoms with van der Waals surface area (Å²) >= 11 is 6.45. The molecule has 3 rings (SSSR count). The minimum atomic E-state index is -0.0885. The molecule has 0 amide bonds. The third-order valence-corrected chi connectivity index (χ3v) is 5.02. The summed E-state index contributed by atoms with van der Waals surface area (Å²) in [5.41, 5.74) is 6.45. The van der Waals surface area contributed by atoms with E-state index in [-0.39, 0.29) is 6.04 Å². The van der Waals surface area contributed by atoms with Gasteiger partial charge in [-0.05, 0) is 35.0 Å². The van der Waals surface area contributed by atoms with Crippen molar-refractivity contribution < 1.29 is 4.52 Å². The van der Waals surface area contributed by atoms with Crippen LogP contribution in [0.3, 0.4) is 0 Å². The fourth-order valence-electron chi connectivity index (χ4n) is 1.46. The van der Waals surface area contributed by atoms with Crippen LogP contribution >= 0.6 is 38.6 Å². The van der Waals surface area contributed by atoms with Gasteiger partial charge >= 0.3 is 0 Å². The second-order valence-electron chi connectivity index (χ2n) is 3.89. The van der Waals surface area contributed by atoms with Crippen molar-refractivity contribution in [3.05, 3.63) is 26.3 Å². The molecule has 0 aliphatic carbocycles. The summed E-state index contributed by atoms with van der Waals surface area (Å²) in [6, 6.07) is 3.81. The molecule has 5 nitrogen and oxygen atoms in total. The molecule has 0 fully saturated rings. The van der Waals surface area contributed by atoms with Gasteiger partial charge in [-0.15, -0.1) is 22.7 Å². The highest BCUT2D eigenvalue weighted by atomic mass is 79.9. The Balaban J connectivity index is 1.92. The highest BCUT2D eigenvalue weighted by molar-refractivity contribution is 9.11. The van der Waals surface area contributed by atoms with Gasteiger partial charge < -0.3 is 10.3 Å². The van der Waals surface area contributed by atoms with Crippen molar-refractivity contribution in [2.45, 2.75) is 13.0 Å². The molecule has 98 valence electrons. The van der Waals surface area contributed by atoms with Gasteiger partial charge in [-0.1, -0.05) is 5.16 Å². The molecular weight excluding hydrogens is 348 g/mol. The van der Waals surface area contributed by atoms with Crippen molar-refractivity contribution in [1.29, 1.82) is 0 Å². The van der Waals surface area contributed by atoms with E-state index in [1.807, 2.05) is 24.4 Å². The van der Waals surface area contributed by atoms with E-state index < -0.39 is 0 Å². The lowest BCUT2D eigenvalue weighted by Gasteiger charge is -1.95. The first-order valence-electron chi connectivity index (χ1n) is 5.44. The summed E-state index contributed by atoms with van der Waals surface area (Å²) in [4.78, 5) is 9.68. The lowest BCUT2D eigenvalue weighted by Crippen LogP contribution is -2.03. The van der Waals surface area contributed by atoms with Crippen LogP contribution in [0.2, 0.25) is 0 Å². The maximum absolute atomic E-state index is 5.78. The van der Waals surface area contributed by atoms with Crippen LogP contribution in [-0.2, 0) is 0 Å². The van der Waals surface area contributed by atoms with Crippen molar-refractivity contribution in [3.8, 4) is 22.3 Å². The molecule has 0 aliphatic rings. The topological polar surface area (TPSA) is 77.8 Å². The fourth-order valence-corrected chi connectivity index (χ4v) is 3.52. The first kappa shape index (κ1) is 12.9. The summed E-state index contributed by atoms with van der Waals surface area (Å²) in [7, 11) is 0. The third-order valence-electron chi connectivity index (χ3n) is 2.35. The van der Waals surface area contributed by atoms with E-state index in [0.29, 0.717) is 17.4 Å². The van der Waals surface area contributed by atoms with Crippen LogP contribution in [0.1, 0.15) is 18.0 Å². The van der Waals surface area contributed by atoms with Gasteiger partial charge in [0.25, 0.3) is 5.89 Å². The van der Waals surface area contributed by atoms with Gasteiger partial charge in [0.2, 0.25) is 5.82 Å². The molecule has 0 radical (unpaired) electrons. The zero-order valence-electron chi connectivity index (χ0n) is 9.83. The van der Waals surface area contributed by atoms with Crippen LogP contribution in [0.4, 0.5) is 0 Å². The smallest absolute Gasteiger partial charge is 0.277 e. The number of nitrogens with zero attached hydrogens (tertiary/aromatic N) is 3. The van der Waals surface area contributed by atoms with E-state index in [2.05, 4.69) is 31.1 Å². The molecule has 3 aromatic heterocycles. The normalized spacial score (nSPS) is 12.8. The summed E-state index contributed by atoms with van der Waals surface area (Å²) in [6.07, 6.45) is 0. The maximum Gasteiger partial charge on any atom is 0.277 e. The SMILES string of the molecule is CC(N)c1nc(-c2nc(-c3ccc(Br)s3)no2)cs1. The Hall–Kier alpha value is -1.09. The monoisotopic (exact) mass is 356 g/mol. The van der Waals surface area contributed by atoms with Crippen LogP contribution in [0.5, 0.6) is 0 Å². The number of aromatic nitrogens is 3. The summed E-state index contributed by atoms with van der Waals surface area (Å²) in [5, 5.41) is 6.70. The van der Waals surface area contributed by atoms with Crippen molar-refractivity contribution >= 4 is 38.6 Å². The third kappa shape index (κ3) is 2.62. The van der Waals surface area contributed by atoms with Gasteiger partial charge in [0.15, 0.2) is 0 Å². The summed E-state index contributed by atoms with van der Waals surface area (Å²) in [5.74, 6) is 0.990. The Kier molecular flexibility index (Phi) is 3.48. The number of hydrogen-bond acceptors (Lipinski definition) is 7. The average Bonchev–Trinajstić information content (AvgIpc) is 3.07. The molecule has 0 spiro atoms. The molecule has 0 bridgehead atoms. The molecule has 0 saturated carbocycles. The molecule has 0 saturated heterocycles. The van der Waals surface area contributed by atoms with Crippen LogP contribution < -0.4 is 5.73 Å². The lowest BCUT2D eigenvalue weighted by molar-refractivity contribution is 0.431. The number of thiophene rings is 1. The highest BCUT2D eigenvalue weighted by Gasteiger charge is 2.15. The van der Waals surface area contributed by atoms with Crippen LogP contribution in [-0.4, -0.2) is 15.1 Å². The highest BCUT2D eigenvalue weighted by Crippen LogP contribution is 2.31. The van der Waals surface area contributed by atoms with Crippen molar-refractivity contribution in [2.75, 3.05) is 0 Å². The number of hydrogen-bond donors (Lipinski definition) is 1. The Morgan fingerprint density at radius 1 is 1.37 bits per heavy atom. The minimum absolute atomic E-state index is 0.0885. The fraction of sp³-hybridized carbons (Fsp3) is 0.182. The van der Waals surface area contributed by atoms with Gasteiger partial charge in [0.1, 0.15) is 10.7 Å². The first-order chi connectivity index (χ1) is 9.13. The molecule has 19 heavy (non-hydrogen) atoms. The summed E-state index contributed by atoms with van der Waals surface area (Å²) in [6.45, 7) is 1.89. The Morgan fingerprint density at radius 2 is 2.21 bits per heavy atom. The Labute approximate surface area is 125 Å². The van der Waals surface area contributed by atoms with Gasteiger partial charge in [-0.25, -0.2) is 4.98 Å². The van der Waals surface area contributed by atoms with Crippen molar-refractivity contribution in [3.63, 3.8) is 0 Å². The number of thiazole rings is 1. The van der Waals surface area contributed by atoms with E-state index in [1.54, 1.807) is 11.3 Å². The van der Waals surface area contributed by atoms with E-state index in [4.69, 9.17) is 10.3 Å². The largest absolute Gasteiger partial charge is 0.332 e. The average molecular weight is 357 g/mol. The molecule has 1 atom stereocenters. The van der Waals surface area contributed by atoms with E-state index in [9.17, 15) is 0 Å². The van der Waals surface area contributed by atoms with E-state index >= 15 is 0 Å². The molecule has 3 heterocycles. The zero-order valence-corrected chi connectivity index (χ0v) is 13.1. The number of nitrogens with two attached hydrogens (primary N) is 1. The van der Waals surface area contributed by atoms with Gasteiger partial charge in [0.05, 0.1) is 14.7 Å². The number of rotatable bonds is 3. The number of halogens is 1. The zero-order chi connectivity index (χ0) is 13.4. The summed E-state index contributed by atoms with van der Waals surface area (Å²) < 4.78 is 6.27. The van der Waals surface area contributed by atoms with Gasteiger partial charge in [-0.2, -0.15) is 4.98 Å². The van der Waals surface area contributed by atoms with E-state index in [0.717, 1.165) is 13.7 Å². The molecule has 0 aromatic carbocycles. The molecular formula is C11H9BrN4OS2. The van der Waals surface area contributed by atoms with Gasteiger partial charge in [-0.3, -0.25) is 0 Å². The molecule has 0 aliphatic heterocycles. The maximum atomic E-state index is 5.78. The second kappa shape index (κ2) is 5.12. The second-order valence-corrected chi connectivity index (χ2v) is 7.24. The predicted molar refractivity (Wildman–Crippen MR) is 79.0 cm³/mol. The van der Waals surface area contributed by atoms with Crippen molar-refractivity contribution in [2.24, 2.45) is 5.73 Å². The molecule has 3 aromatic rings. The standard InChI is InChI=1S/C11H9BrN4OS2/c1-5(13)11-14-6(4-18-11)10-15-9(16-17-10)7-2-3-8(12)19-7/h2-5H,13H2,1H3. The Morgan fingerprint density at radius 3 is 2.84 bits per heavy atom. The molecule has 2 N–H and O–H groups in total. The van der Waals surface area contributed by atoms with Crippen LogP contribution in [0, 0.1) is 0 Å².